The largest absolute Gasteiger partial charge is 0.483 e. The lowest BCUT2D eigenvalue weighted by Gasteiger charge is -2.49. The fourth-order valence-corrected chi connectivity index (χ4v) is 4.46. The van der Waals surface area contributed by atoms with Gasteiger partial charge in [-0.2, -0.15) is 0 Å². The Morgan fingerprint density at radius 3 is 1.61 bits per heavy atom. The maximum Gasteiger partial charge on any atom is 0.200 e. The second kappa shape index (κ2) is 7.99. The minimum Gasteiger partial charge on any atom is -0.483 e. The lowest BCUT2D eigenvalue weighted by atomic mass is 9.74. The molecular formula is C25H26N2O. The summed E-state index contributed by atoms with van der Waals surface area (Å²) >= 11 is 0. The van der Waals surface area contributed by atoms with Crippen LogP contribution in [0, 0.1) is 0 Å². The molecule has 1 atom stereocenters. The molecular weight excluding hydrogens is 344 g/mol. The molecule has 0 bridgehead atoms. The van der Waals surface area contributed by atoms with Gasteiger partial charge in [0.15, 0.2) is 0 Å². The Morgan fingerprint density at radius 1 is 0.786 bits per heavy atom. The number of hydrogen-bond donors (Lipinski definition) is 0. The molecule has 0 spiro atoms. The number of ether oxygens (including phenoxy) is 1. The molecule has 0 aliphatic carbocycles. The van der Waals surface area contributed by atoms with E-state index in [0.29, 0.717) is 0 Å². The first-order chi connectivity index (χ1) is 13.8. The summed E-state index contributed by atoms with van der Waals surface area (Å²) in [6.07, 6.45) is 0. The van der Waals surface area contributed by atoms with Gasteiger partial charge in [-0.15, -0.1) is 0 Å². The third-order valence-electron chi connectivity index (χ3n) is 5.65. The van der Waals surface area contributed by atoms with Crippen LogP contribution in [0.25, 0.3) is 0 Å². The smallest absolute Gasteiger partial charge is 0.200 e. The molecule has 3 aromatic rings. The highest BCUT2D eigenvalue weighted by Gasteiger charge is 2.46. The van der Waals surface area contributed by atoms with E-state index in [1.807, 2.05) is 0 Å². The fraction of sp³-hybridized carbons (Fsp3) is 0.240. The summed E-state index contributed by atoms with van der Waals surface area (Å²) in [6.45, 7) is 3.76. The fourth-order valence-electron chi connectivity index (χ4n) is 4.46. The zero-order chi connectivity index (χ0) is 19.4. The van der Waals surface area contributed by atoms with Crippen LogP contribution in [0.4, 0.5) is 0 Å². The van der Waals surface area contributed by atoms with E-state index in [-0.39, 0.29) is 6.04 Å². The van der Waals surface area contributed by atoms with Crippen LogP contribution in [0.2, 0.25) is 0 Å². The molecule has 0 saturated carbocycles. The topological polar surface area (TPSA) is 24.8 Å². The zero-order valence-corrected chi connectivity index (χ0v) is 16.5. The molecule has 0 aromatic heterocycles. The minimum atomic E-state index is -0.428. The van der Waals surface area contributed by atoms with Crippen molar-refractivity contribution in [3.63, 3.8) is 0 Å². The number of rotatable bonds is 4. The average Bonchev–Trinajstić information content (AvgIpc) is 2.78. The van der Waals surface area contributed by atoms with Crippen LogP contribution < -0.4 is 0 Å². The molecule has 0 N–H and O–H groups in total. The van der Waals surface area contributed by atoms with Crippen LogP contribution >= 0.6 is 0 Å². The van der Waals surface area contributed by atoms with Crippen LogP contribution in [-0.2, 0) is 10.3 Å². The first-order valence-electron chi connectivity index (χ1n) is 9.80. The average molecular weight is 370 g/mol. The standard InChI is InChI=1S/C25H26N2O/c1-20-24(28-2)26-18-19-27(20)25(21-12-6-3-7-13-21,22-14-8-4-9-15-22)23-16-10-5-11-17-23/h3-17,20H,18-19H2,1-2H3. The van der Waals surface area contributed by atoms with Gasteiger partial charge < -0.3 is 4.74 Å². The third-order valence-corrected chi connectivity index (χ3v) is 5.65. The molecule has 0 fully saturated rings. The highest BCUT2D eigenvalue weighted by Crippen LogP contribution is 2.44. The Bertz CT molecular complexity index is 826. The van der Waals surface area contributed by atoms with Gasteiger partial charge in [-0.25, -0.2) is 0 Å². The van der Waals surface area contributed by atoms with Crippen LogP contribution in [0.3, 0.4) is 0 Å². The Hall–Kier alpha value is -2.91. The maximum absolute atomic E-state index is 5.64. The van der Waals surface area contributed by atoms with E-state index in [9.17, 15) is 0 Å². The van der Waals surface area contributed by atoms with E-state index in [1.54, 1.807) is 7.11 Å². The molecule has 1 aliphatic rings. The monoisotopic (exact) mass is 370 g/mol. The SMILES string of the molecule is COC1=NCCN(C(c2ccccc2)(c2ccccc2)c2ccccc2)C1C. The van der Waals surface area contributed by atoms with Crippen LogP contribution in [0.5, 0.6) is 0 Å². The van der Waals surface area contributed by atoms with E-state index in [1.165, 1.54) is 16.7 Å². The van der Waals surface area contributed by atoms with E-state index in [2.05, 4.69) is 108 Å². The summed E-state index contributed by atoms with van der Waals surface area (Å²) in [5.74, 6) is 0.790. The van der Waals surface area contributed by atoms with Gasteiger partial charge in [-0.3, -0.25) is 9.89 Å². The summed E-state index contributed by atoms with van der Waals surface area (Å²) in [5, 5.41) is 0. The summed E-state index contributed by atoms with van der Waals surface area (Å²) < 4.78 is 5.64. The number of nitrogens with zero attached hydrogens (tertiary/aromatic N) is 2. The molecule has 3 heteroatoms. The highest BCUT2D eigenvalue weighted by atomic mass is 16.5. The normalized spacial score (nSPS) is 17.8. The van der Waals surface area contributed by atoms with Crippen LogP contribution in [0.1, 0.15) is 23.6 Å². The molecule has 0 radical (unpaired) electrons. The number of methoxy groups -OCH3 is 1. The third kappa shape index (κ3) is 3.02. The Labute approximate surface area is 167 Å². The molecule has 3 nitrogen and oxygen atoms in total. The van der Waals surface area contributed by atoms with Gasteiger partial charge in [0.2, 0.25) is 5.90 Å². The van der Waals surface area contributed by atoms with Crippen LogP contribution in [-0.4, -0.2) is 37.0 Å². The second-order valence-electron chi connectivity index (χ2n) is 7.10. The highest BCUT2D eigenvalue weighted by molar-refractivity contribution is 5.82. The zero-order valence-electron chi connectivity index (χ0n) is 16.5. The quantitative estimate of drug-likeness (QED) is 0.621. The lowest BCUT2D eigenvalue weighted by molar-refractivity contribution is 0.120. The molecule has 3 aromatic carbocycles. The van der Waals surface area contributed by atoms with Crippen molar-refractivity contribution in [2.45, 2.75) is 18.5 Å². The Morgan fingerprint density at radius 2 is 1.21 bits per heavy atom. The molecule has 142 valence electrons. The van der Waals surface area contributed by atoms with Gasteiger partial charge in [0.1, 0.15) is 0 Å². The predicted octanol–water partition coefficient (Wildman–Crippen LogP) is 4.73. The van der Waals surface area contributed by atoms with Crippen molar-refractivity contribution in [1.29, 1.82) is 0 Å². The maximum atomic E-state index is 5.64. The van der Waals surface area contributed by atoms with E-state index in [0.717, 1.165) is 19.0 Å². The second-order valence-corrected chi connectivity index (χ2v) is 7.10. The first-order valence-corrected chi connectivity index (χ1v) is 9.80. The summed E-state index contributed by atoms with van der Waals surface area (Å²) in [6, 6.07) is 32.4. The van der Waals surface area contributed by atoms with E-state index in [4.69, 9.17) is 4.74 Å². The number of aliphatic imine (C=N–C) groups is 1. The molecule has 28 heavy (non-hydrogen) atoms. The van der Waals surface area contributed by atoms with Crippen molar-refractivity contribution in [3.05, 3.63) is 108 Å². The van der Waals surface area contributed by atoms with Gasteiger partial charge in [0, 0.05) is 6.54 Å². The molecule has 1 unspecified atom stereocenters. The molecule has 4 rings (SSSR count). The summed E-state index contributed by atoms with van der Waals surface area (Å²) in [7, 11) is 1.72. The van der Waals surface area contributed by atoms with Crippen molar-refractivity contribution in [1.82, 2.24) is 4.90 Å². The molecule has 1 aliphatic heterocycles. The van der Waals surface area contributed by atoms with Gasteiger partial charge in [0.25, 0.3) is 0 Å². The number of hydrogen-bond acceptors (Lipinski definition) is 3. The lowest BCUT2D eigenvalue weighted by Crippen LogP contribution is -2.57. The summed E-state index contributed by atoms with van der Waals surface area (Å²) in [4.78, 5) is 7.15. The minimum absolute atomic E-state index is 0.0550. The van der Waals surface area contributed by atoms with Gasteiger partial charge in [-0.1, -0.05) is 91.0 Å². The molecule has 1 heterocycles. The first kappa shape index (κ1) is 18.5. The predicted molar refractivity (Wildman–Crippen MR) is 115 cm³/mol. The van der Waals surface area contributed by atoms with E-state index >= 15 is 0 Å². The van der Waals surface area contributed by atoms with Crippen molar-refractivity contribution < 1.29 is 4.74 Å². The van der Waals surface area contributed by atoms with E-state index < -0.39 is 5.54 Å². The molecule has 0 amide bonds. The molecule has 0 saturated heterocycles. The number of benzene rings is 3. The Balaban J connectivity index is 2.03. The van der Waals surface area contributed by atoms with Crippen LogP contribution in [0.15, 0.2) is 96.0 Å². The van der Waals surface area contributed by atoms with Crippen molar-refractivity contribution in [2.24, 2.45) is 4.99 Å². The van der Waals surface area contributed by atoms with Gasteiger partial charge in [-0.05, 0) is 23.6 Å². The van der Waals surface area contributed by atoms with Crippen molar-refractivity contribution in [3.8, 4) is 0 Å². The van der Waals surface area contributed by atoms with Gasteiger partial charge >= 0.3 is 0 Å². The van der Waals surface area contributed by atoms with Crippen molar-refractivity contribution in [2.75, 3.05) is 20.2 Å². The van der Waals surface area contributed by atoms with Crippen molar-refractivity contribution >= 4 is 5.90 Å². The summed E-state index contributed by atoms with van der Waals surface area (Å²) in [5.41, 5.74) is 3.31. The Kier molecular flexibility index (Phi) is 5.27. The van der Waals surface area contributed by atoms with Gasteiger partial charge in [0.05, 0.1) is 25.2 Å².